The summed E-state index contributed by atoms with van der Waals surface area (Å²) in [5.74, 6) is 0.395. The summed E-state index contributed by atoms with van der Waals surface area (Å²) in [6.07, 6.45) is -4.69. The zero-order chi connectivity index (χ0) is 21.8. The van der Waals surface area contributed by atoms with Crippen LogP contribution in [0.1, 0.15) is 15.9 Å². The number of morpholine rings is 1. The highest BCUT2D eigenvalue weighted by Gasteiger charge is 2.31. The van der Waals surface area contributed by atoms with Crippen molar-refractivity contribution in [1.29, 1.82) is 0 Å². The number of amides is 1. The largest absolute Gasteiger partial charge is 0.573 e. The molecule has 9 heteroatoms. The van der Waals surface area contributed by atoms with E-state index in [0.717, 1.165) is 5.56 Å². The van der Waals surface area contributed by atoms with E-state index in [0.29, 0.717) is 57.3 Å². The lowest BCUT2D eigenvalue weighted by molar-refractivity contribution is -0.274. The van der Waals surface area contributed by atoms with E-state index in [1.807, 2.05) is 12.1 Å². The van der Waals surface area contributed by atoms with E-state index in [1.54, 1.807) is 29.2 Å². The van der Waals surface area contributed by atoms with Gasteiger partial charge in [-0.25, -0.2) is 0 Å². The van der Waals surface area contributed by atoms with E-state index in [2.05, 4.69) is 9.64 Å². The van der Waals surface area contributed by atoms with Crippen molar-refractivity contribution in [2.24, 2.45) is 0 Å². The first-order valence-electron chi connectivity index (χ1n) is 10.1. The average Bonchev–Trinajstić information content (AvgIpc) is 2.73. The van der Waals surface area contributed by atoms with Crippen LogP contribution in [0.3, 0.4) is 0 Å². The second-order valence-corrected chi connectivity index (χ2v) is 7.56. The number of hydrogen-bond acceptors (Lipinski definition) is 5. The number of likely N-dealkylation sites (tertiary alicyclic amines) is 1. The lowest BCUT2D eigenvalue weighted by Crippen LogP contribution is -2.53. The Kier molecular flexibility index (Phi) is 6.33. The molecule has 4 rings (SSSR count). The van der Waals surface area contributed by atoms with Crippen molar-refractivity contribution in [3.8, 4) is 11.5 Å². The summed E-state index contributed by atoms with van der Waals surface area (Å²) < 4.78 is 51.9. The van der Waals surface area contributed by atoms with Crippen LogP contribution in [0.2, 0.25) is 0 Å². The monoisotopic (exact) mass is 436 g/mol. The number of carbonyl (C=O) groups excluding carboxylic acids is 1. The highest BCUT2D eigenvalue weighted by molar-refractivity contribution is 5.94. The van der Waals surface area contributed by atoms with Gasteiger partial charge in [0.2, 0.25) is 0 Å². The molecule has 0 N–H and O–H groups in total. The third-order valence-corrected chi connectivity index (χ3v) is 5.17. The first-order valence-corrected chi connectivity index (χ1v) is 10.1. The molecular formula is C22H23F3N2O4. The fourth-order valence-electron chi connectivity index (χ4n) is 3.62. The molecule has 1 amide bonds. The van der Waals surface area contributed by atoms with Crippen LogP contribution in [0.4, 0.5) is 13.2 Å². The number of hydrogen-bond donors (Lipinski definition) is 0. The Labute approximate surface area is 178 Å². The van der Waals surface area contributed by atoms with Gasteiger partial charge in [-0.15, -0.1) is 13.2 Å². The minimum absolute atomic E-state index is 0.00146. The zero-order valence-corrected chi connectivity index (χ0v) is 16.8. The molecule has 0 unspecified atom stereocenters. The van der Waals surface area contributed by atoms with Gasteiger partial charge < -0.3 is 19.1 Å². The number of nitrogens with zero attached hydrogens (tertiary/aromatic N) is 2. The van der Waals surface area contributed by atoms with Crippen LogP contribution in [-0.2, 0) is 11.3 Å². The SMILES string of the molecule is O=C(c1cccc(OC2CN(Cc3ccc(OC(F)(F)F)cc3)C2)c1)N1CCOCC1. The topological polar surface area (TPSA) is 51.2 Å². The molecule has 6 nitrogen and oxygen atoms in total. The molecule has 0 spiro atoms. The van der Waals surface area contributed by atoms with E-state index >= 15 is 0 Å². The van der Waals surface area contributed by atoms with Gasteiger partial charge in [0.15, 0.2) is 0 Å². The minimum Gasteiger partial charge on any atom is -0.488 e. The quantitative estimate of drug-likeness (QED) is 0.696. The average molecular weight is 436 g/mol. The molecule has 2 heterocycles. The number of alkyl halides is 3. The Bertz CT molecular complexity index is 892. The van der Waals surface area contributed by atoms with Gasteiger partial charge in [-0.2, -0.15) is 0 Å². The number of carbonyl (C=O) groups is 1. The molecule has 2 saturated heterocycles. The molecule has 2 fully saturated rings. The number of benzene rings is 2. The fraction of sp³-hybridized carbons (Fsp3) is 0.409. The molecule has 0 aliphatic carbocycles. The van der Waals surface area contributed by atoms with Crippen molar-refractivity contribution in [1.82, 2.24) is 9.80 Å². The Morgan fingerprint density at radius 1 is 1.03 bits per heavy atom. The molecule has 0 atom stereocenters. The molecule has 2 aliphatic rings. The highest BCUT2D eigenvalue weighted by atomic mass is 19.4. The van der Waals surface area contributed by atoms with Gasteiger partial charge in [0.1, 0.15) is 17.6 Å². The predicted octanol–water partition coefficient (Wildman–Crippen LogP) is 3.32. The molecule has 2 aromatic carbocycles. The van der Waals surface area contributed by atoms with E-state index in [-0.39, 0.29) is 17.8 Å². The molecule has 31 heavy (non-hydrogen) atoms. The fourth-order valence-corrected chi connectivity index (χ4v) is 3.62. The maximum atomic E-state index is 12.6. The second kappa shape index (κ2) is 9.15. The molecular weight excluding hydrogens is 413 g/mol. The molecule has 0 saturated carbocycles. The standard InChI is InChI=1S/C22H23F3N2O4/c23-22(24,25)31-18-6-4-16(5-7-18)13-26-14-20(15-26)30-19-3-1-2-17(12-19)21(28)27-8-10-29-11-9-27/h1-7,12,20H,8-11,13-15H2. The zero-order valence-electron chi connectivity index (χ0n) is 16.8. The lowest BCUT2D eigenvalue weighted by Gasteiger charge is -2.39. The molecule has 0 bridgehead atoms. The predicted molar refractivity (Wildman–Crippen MR) is 106 cm³/mol. The highest BCUT2D eigenvalue weighted by Crippen LogP contribution is 2.25. The van der Waals surface area contributed by atoms with Gasteiger partial charge in [0.25, 0.3) is 5.91 Å². The lowest BCUT2D eigenvalue weighted by atomic mass is 10.1. The first kappa shape index (κ1) is 21.5. The van der Waals surface area contributed by atoms with Crippen molar-refractivity contribution in [3.05, 3.63) is 59.7 Å². The van der Waals surface area contributed by atoms with Crippen LogP contribution in [0.5, 0.6) is 11.5 Å². The maximum Gasteiger partial charge on any atom is 0.573 e. The van der Waals surface area contributed by atoms with Crippen LogP contribution < -0.4 is 9.47 Å². The Hall–Kier alpha value is -2.78. The third-order valence-electron chi connectivity index (χ3n) is 5.17. The first-order chi connectivity index (χ1) is 14.9. The van der Waals surface area contributed by atoms with E-state index in [9.17, 15) is 18.0 Å². The van der Waals surface area contributed by atoms with Gasteiger partial charge in [-0.05, 0) is 35.9 Å². The third kappa shape index (κ3) is 5.89. The van der Waals surface area contributed by atoms with Crippen LogP contribution in [0, 0.1) is 0 Å². The summed E-state index contributed by atoms with van der Waals surface area (Å²) in [7, 11) is 0. The Morgan fingerprint density at radius 2 is 1.74 bits per heavy atom. The van der Waals surface area contributed by atoms with Crippen LogP contribution in [-0.4, -0.2) is 67.6 Å². The van der Waals surface area contributed by atoms with Gasteiger partial charge in [-0.3, -0.25) is 9.69 Å². The summed E-state index contributed by atoms with van der Waals surface area (Å²) in [6, 6.07) is 13.1. The van der Waals surface area contributed by atoms with Crippen LogP contribution in [0.15, 0.2) is 48.5 Å². The Balaban J connectivity index is 1.25. The summed E-state index contributed by atoms with van der Waals surface area (Å²) in [5.41, 5.74) is 1.49. The number of ether oxygens (including phenoxy) is 3. The van der Waals surface area contributed by atoms with Crippen molar-refractivity contribution < 1.29 is 32.2 Å². The van der Waals surface area contributed by atoms with E-state index in [4.69, 9.17) is 9.47 Å². The van der Waals surface area contributed by atoms with Crippen molar-refractivity contribution in [3.63, 3.8) is 0 Å². The van der Waals surface area contributed by atoms with E-state index in [1.165, 1.54) is 12.1 Å². The smallest absolute Gasteiger partial charge is 0.488 e. The summed E-state index contributed by atoms with van der Waals surface area (Å²) in [4.78, 5) is 16.5. The number of rotatable bonds is 6. The molecule has 0 radical (unpaired) electrons. The molecule has 0 aromatic heterocycles. The minimum atomic E-state index is -4.69. The van der Waals surface area contributed by atoms with Crippen LogP contribution in [0.25, 0.3) is 0 Å². The summed E-state index contributed by atoms with van der Waals surface area (Å²) in [5, 5.41) is 0. The number of halogens is 3. The van der Waals surface area contributed by atoms with Crippen molar-refractivity contribution in [2.45, 2.75) is 19.0 Å². The second-order valence-electron chi connectivity index (χ2n) is 7.56. The van der Waals surface area contributed by atoms with Gasteiger partial charge in [0, 0.05) is 38.3 Å². The maximum absolute atomic E-state index is 12.6. The molecule has 2 aromatic rings. The van der Waals surface area contributed by atoms with Gasteiger partial charge >= 0.3 is 6.36 Å². The Morgan fingerprint density at radius 3 is 2.42 bits per heavy atom. The molecule has 166 valence electrons. The normalized spacial score (nSPS) is 17.8. The van der Waals surface area contributed by atoms with Crippen molar-refractivity contribution >= 4 is 5.91 Å². The summed E-state index contributed by atoms with van der Waals surface area (Å²) >= 11 is 0. The van der Waals surface area contributed by atoms with Gasteiger partial charge in [-0.1, -0.05) is 18.2 Å². The van der Waals surface area contributed by atoms with Crippen LogP contribution >= 0.6 is 0 Å². The van der Waals surface area contributed by atoms with Crippen molar-refractivity contribution in [2.75, 3.05) is 39.4 Å². The van der Waals surface area contributed by atoms with Gasteiger partial charge in [0.05, 0.1) is 13.2 Å². The molecule has 2 aliphatic heterocycles. The van der Waals surface area contributed by atoms with E-state index < -0.39 is 6.36 Å². The summed E-state index contributed by atoms with van der Waals surface area (Å²) in [6.45, 7) is 4.29.